The van der Waals surface area contributed by atoms with Gasteiger partial charge in [0, 0.05) is 31.4 Å². The normalized spacial score (nSPS) is 20.7. The zero-order valence-electron chi connectivity index (χ0n) is 14.8. The predicted molar refractivity (Wildman–Crippen MR) is 97.6 cm³/mol. The molecular formula is C19H19F3N4O. The van der Waals surface area contributed by atoms with Crippen LogP contribution < -0.4 is 20.3 Å². The molecule has 27 heavy (non-hydrogen) atoms. The van der Waals surface area contributed by atoms with Crippen LogP contribution in [0.5, 0.6) is 5.88 Å². The first-order chi connectivity index (χ1) is 12.9. The molecule has 2 N–H and O–H groups in total. The van der Waals surface area contributed by atoms with Crippen LogP contribution >= 0.6 is 0 Å². The van der Waals surface area contributed by atoms with Crippen molar-refractivity contribution in [1.82, 2.24) is 10.3 Å². The Morgan fingerprint density at radius 3 is 2.89 bits per heavy atom. The molecule has 0 fully saturated rings. The minimum absolute atomic E-state index is 0.0476. The number of fused-ring (bicyclic) bond motifs is 3. The summed E-state index contributed by atoms with van der Waals surface area (Å²) in [4.78, 5) is 5.80. The molecule has 0 spiro atoms. The third kappa shape index (κ3) is 2.94. The van der Waals surface area contributed by atoms with Gasteiger partial charge in [0.25, 0.3) is 0 Å². The van der Waals surface area contributed by atoms with Crippen LogP contribution in [0.1, 0.15) is 17.0 Å². The largest absolute Gasteiger partial charge is 0.480 e. The van der Waals surface area contributed by atoms with Gasteiger partial charge >= 0.3 is 6.18 Å². The maximum atomic E-state index is 13.8. The van der Waals surface area contributed by atoms with Crippen molar-refractivity contribution in [2.75, 3.05) is 30.9 Å². The molecule has 0 aliphatic carbocycles. The summed E-state index contributed by atoms with van der Waals surface area (Å²) >= 11 is 0. The number of hydrogen-bond donors (Lipinski definition) is 2. The summed E-state index contributed by atoms with van der Waals surface area (Å²) in [7, 11) is 3.18. The van der Waals surface area contributed by atoms with E-state index in [2.05, 4.69) is 15.6 Å². The average Bonchev–Trinajstić information content (AvgIpc) is 2.94. The third-order valence-electron chi connectivity index (χ3n) is 5.05. The van der Waals surface area contributed by atoms with Crippen molar-refractivity contribution in [2.45, 2.75) is 18.1 Å². The van der Waals surface area contributed by atoms with Gasteiger partial charge in [-0.15, -0.1) is 0 Å². The summed E-state index contributed by atoms with van der Waals surface area (Å²) in [6.07, 6.45) is 0.815. The minimum Gasteiger partial charge on any atom is -0.480 e. The Kier molecular flexibility index (Phi) is 4.13. The van der Waals surface area contributed by atoms with Gasteiger partial charge in [0.05, 0.1) is 24.4 Å². The molecule has 2 atom stereocenters. The summed E-state index contributed by atoms with van der Waals surface area (Å²) in [5, 5.41) is 6.16. The number of hydrogen-bond acceptors (Lipinski definition) is 5. The third-order valence-corrected chi connectivity index (χ3v) is 5.05. The number of aromatic nitrogens is 1. The van der Waals surface area contributed by atoms with Crippen LogP contribution in [0.4, 0.5) is 30.2 Å². The molecule has 0 saturated heterocycles. The average molecular weight is 376 g/mol. The molecule has 0 bridgehead atoms. The van der Waals surface area contributed by atoms with Crippen molar-refractivity contribution in [3.8, 4) is 5.88 Å². The first kappa shape index (κ1) is 17.5. The molecule has 2 aromatic rings. The van der Waals surface area contributed by atoms with Gasteiger partial charge in [0.15, 0.2) is 0 Å². The molecule has 0 radical (unpaired) electrons. The molecular weight excluding hydrogens is 357 g/mol. The van der Waals surface area contributed by atoms with Crippen molar-refractivity contribution in [2.24, 2.45) is 0 Å². The molecule has 2 aliphatic heterocycles. The van der Waals surface area contributed by atoms with Crippen LogP contribution in [0, 0.1) is 0 Å². The number of likely N-dealkylation sites (N-methyl/N-ethyl adjacent to an activating group) is 1. The Morgan fingerprint density at radius 2 is 2.15 bits per heavy atom. The quantitative estimate of drug-likeness (QED) is 0.852. The van der Waals surface area contributed by atoms with Gasteiger partial charge in [0.1, 0.15) is 5.69 Å². The molecule has 3 heterocycles. The van der Waals surface area contributed by atoms with Crippen molar-refractivity contribution in [1.29, 1.82) is 0 Å². The van der Waals surface area contributed by atoms with E-state index in [1.165, 1.54) is 7.11 Å². The van der Waals surface area contributed by atoms with E-state index in [4.69, 9.17) is 4.74 Å². The molecule has 2 aliphatic rings. The first-order valence-corrected chi connectivity index (χ1v) is 8.54. The molecule has 4 rings (SSSR count). The summed E-state index contributed by atoms with van der Waals surface area (Å²) in [6, 6.07) is 6.26. The zero-order chi connectivity index (χ0) is 19.2. The van der Waals surface area contributed by atoms with E-state index in [1.54, 1.807) is 42.5 Å². The van der Waals surface area contributed by atoms with Crippen molar-refractivity contribution in [3.63, 3.8) is 0 Å². The first-order valence-electron chi connectivity index (χ1n) is 8.54. The van der Waals surface area contributed by atoms with Gasteiger partial charge in [-0.05, 0) is 42.1 Å². The Hall–Kier alpha value is -2.90. The van der Waals surface area contributed by atoms with Crippen LogP contribution in [0.2, 0.25) is 0 Å². The highest BCUT2D eigenvalue weighted by Gasteiger charge is 2.44. The monoisotopic (exact) mass is 376 g/mol. The number of pyridine rings is 1. The molecule has 5 nitrogen and oxygen atoms in total. The fraction of sp³-hybridized carbons (Fsp3) is 0.316. The number of halogens is 3. The van der Waals surface area contributed by atoms with Crippen LogP contribution in [0.15, 0.2) is 42.7 Å². The Balaban J connectivity index is 1.83. The van der Waals surface area contributed by atoms with Gasteiger partial charge in [0.2, 0.25) is 5.88 Å². The second-order valence-electron chi connectivity index (χ2n) is 6.62. The van der Waals surface area contributed by atoms with Crippen molar-refractivity contribution >= 4 is 17.1 Å². The fourth-order valence-electron chi connectivity index (χ4n) is 3.88. The number of methoxy groups -OCH3 is 1. The van der Waals surface area contributed by atoms with Crippen LogP contribution in [-0.2, 0) is 6.18 Å². The van der Waals surface area contributed by atoms with Crippen LogP contribution in [-0.4, -0.2) is 31.7 Å². The Labute approximate surface area is 154 Å². The number of ether oxygens (including phenoxy) is 1. The summed E-state index contributed by atoms with van der Waals surface area (Å²) in [5.41, 5.74) is 1.15. The zero-order valence-corrected chi connectivity index (χ0v) is 14.8. The number of anilines is 3. The van der Waals surface area contributed by atoms with E-state index in [-0.39, 0.29) is 17.6 Å². The Bertz CT molecular complexity index is 897. The maximum absolute atomic E-state index is 13.8. The molecule has 8 heteroatoms. The van der Waals surface area contributed by atoms with Gasteiger partial charge in [-0.3, -0.25) is 0 Å². The molecule has 0 unspecified atom stereocenters. The highest BCUT2D eigenvalue weighted by atomic mass is 19.4. The summed E-state index contributed by atoms with van der Waals surface area (Å²) in [5.74, 6) is 0.275. The second-order valence-corrected chi connectivity index (χ2v) is 6.62. The lowest BCUT2D eigenvalue weighted by atomic mass is 9.91. The minimum atomic E-state index is -4.46. The van der Waals surface area contributed by atoms with Gasteiger partial charge in [-0.25, -0.2) is 4.98 Å². The summed E-state index contributed by atoms with van der Waals surface area (Å²) in [6.45, 7) is 0.593. The number of nitrogens with zero attached hydrogens (tertiary/aromatic N) is 2. The highest BCUT2D eigenvalue weighted by Crippen LogP contribution is 2.49. The van der Waals surface area contributed by atoms with E-state index in [0.717, 1.165) is 6.07 Å². The topological polar surface area (TPSA) is 49.4 Å². The number of benzene rings is 1. The van der Waals surface area contributed by atoms with Crippen LogP contribution in [0.25, 0.3) is 0 Å². The number of alkyl halides is 3. The van der Waals surface area contributed by atoms with E-state index < -0.39 is 11.7 Å². The molecule has 1 aromatic heterocycles. The maximum Gasteiger partial charge on any atom is 0.418 e. The van der Waals surface area contributed by atoms with E-state index >= 15 is 0 Å². The fourth-order valence-corrected chi connectivity index (χ4v) is 3.88. The van der Waals surface area contributed by atoms with Gasteiger partial charge < -0.3 is 20.3 Å². The SMILES string of the molecule is COc1ncccc1Nc1cc2c(c(C(F)(F)F)c1)N(C)[C@H]1C=CNC[C@@H]21. The molecule has 1 aromatic carbocycles. The lowest BCUT2D eigenvalue weighted by Gasteiger charge is -2.27. The van der Waals surface area contributed by atoms with Crippen LogP contribution in [0.3, 0.4) is 0 Å². The van der Waals surface area contributed by atoms with E-state index in [9.17, 15) is 13.2 Å². The van der Waals surface area contributed by atoms with Crippen molar-refractivity contribution < 1.29 is 17.9 Å². The lowest BCUT2D eigenvalue weighted by Crippen LogP contribution is -2.36. The second kappa shape index (κ2) is 6.37. The molecule has 142 valence electrons. The summed E-state index contributed by atoms with van der Waals surface area (Å²) < 4.78 is 46.7. The molecule has 0 saturated carbocycles. The predicted octanol–water partition coefficient (Wildman–Crippen LogP) is 3.87. The van der Waals surface area contributed by atoms with Gasteiger partial charge in [-0.2, -0.15) is 13.2 Å². The highest BCUT2D eigenvalue weighted by molar-refractivity contribution is 5.75. The number of nitrogens with one attached hydrogen (secondary N) is 2. The standard InChI is InChI=1S/C19H19F3N4O/c1-26-16-5-7-23-10-13(16)12-8-11(9-14(17(12)26)19(20,21)22)25-15-4-3-6-24-18(15)27-2/h3-9,13,16,23,25H,10H2,1-2H3/t13-,16-/m0/s1. The number of rotatable bonds is 3. The van der Waals surface area contributed by atoms with E-state index in [1.807, 2.05) is 6.08 Å². The Morgan fingerprint density at radius 1 is 1.33 bits per heavy atom. The van der Waals surface area contributed by atoms with E-state index in [0.29, 0.717) is 29.4 Å². The lowest BCUT2D eigenvalue weighted by molar-refractivity contribution is -0.137. The van der Waals surface area contributed by atoms with Gasteiger partial charge in [-0.1, -0.05) is 0 Å². The smallest absolute Gasteiger partial charge is 0.418 e. The molecule has 0 amide bonds. The van der Waals surface area contributed by atoms with Crippen molar-refractivity contribution in [3.05, 3.63) is 53.9 Å².